The monoisotopic (exact) mass is 482 g/mol. The van der Waals surface area contributed by atoms with Crippen LogP contribution in [0, 0.1) is 11.7 Å². The number of piperidine rings is 1. The third-order valence-electron chi connectivity index (χ3n) is 5.56. The van der Waals surface area contributed by atoms with Crippen molar-refractivity contribution in [2.24, 2.45) is 5.92 Å². The summed E-state index contributed by atoms with van der Waals surface area (Å²) >= 11 is 5.99. The van der Waals surface area contributed by atoms with Crippen LogP contribution < -0.4 is 0 Å². The number of amides is 1. The number of likely N-dealkylation sites (N-methyl/N-ethyl adjacent to an activating group) is 1. The van der Waals surface area contributed by atoms with Crippen LogP contribution in [0.5, 0.6) is 0 Å². The molecule has 1 saturated heterocycles. The minimum atomic E-state index is -3.76. The summed E-state index contributed by atoms with van der Waals surface area (Å²) in [7, 11) is 0.112. The Labute approximate surface area is 193 Å². The standard InChI is InChI=1S/C22H28ClFN4O3S/c1-26(2)14-15-27(16-17-5-7-19(24)8-6-17)22(29)18-9-12-28(13-10-18)32(30,31)20-4-3-11-25-21(20)23/h3-8,11,18H,9-10,12-16H2,1-2H3. The summed E-state index contributed by atoms with van der Waals surface area (Å²) in [5.74, 6) is -0.594. The van der Waals surface area contributed by atoms with Gasteiger partial charge in [-0.1, -0.05) is 23.7 Å². The van der Waals surface area contributed by atoms with E-state index in [0.29, 0.717) is 32.5 Å². The fraction of sp³-hybridized carbons (Fsp3) is 0.455. The summed E-state index contributed by atoms with van der Waals surface area (Å²) in [4.78, 5) is 20.9. The molecule has 0 aliphatic carbocycles. The Morgan fingerprint density at radius 1 is 1.16 bits per heavy atom. The maximum Gasteiger partial charge on any atom is 0.246 e. The third-order valence-corrected chi connectivity index (χ3v) is 7.90. The molecule has 0 N–H and O–H groups in total. The second kappa shape index (κ2) is 10.7. The van der Waals surface area contributed by atoms with Crippen molar-refractivity contribution in [2.75, 3.05) is 40.3 Å². The highest BCUT2D eigenvalue weighted by Crippen LogP contribution is 2.28. The molecule has 2 aromatic rings. The molecular formula is C22H28ClFN4O3S. The molecule has 0 atom stereocenters. The van der Waals surface area contributed by atoms with Gasteiger partial charge in [0.05, 0.1) is 0 Å². The van der Waals surface area contributed by atoms with E-state index in [2.05, 4.69) is 4.98 Å². The van der Waals surface area contributed by atoms with Crippen LogP contribution in [0.4, 0.5) is 4.39 Å². The summed E-state index contributed by atoms with van der Waals surface area (Å²) in [5.41, 5.74) is 0.852. The minimum Gasteiger partial charge on any atom is -0.337 e. The number of sulfonamides is 1. The summed E-state index contributed by atoms with van der Waals surface area (Å²) in [5, 5.41) is -0.0557. The Bertz CT molecular complexity index is 1030. The van der Waals surface area contributed by atoms with Gasteiger partial charge in [0.25, 0.3) is 0 Å². The van der Waals surface area contributed by atoms with Crippen molar-refractivity contribution < 1.29 is 17.6 Å². The summed E-state index contributed by atoms with van der Waals surface area (Å²) < 4.78 is 40.5. The predicted molar refractivity (Wildman–Crippen MR) is 121 cm³/mol. The lowest BCUT2D eigenvalue weighted by Gasteiger charge is -2.34. The number of benzene rings is 1. The van der Waals surface area contributed by atoms with Crippen molar-refractivity contribution >= 4 is 27.5 Å². The molecule has 1 aromatic heterocycles. The van der Waals surface area contributed by atoms with Gasteiger partial charge < -0.3 is 9.80 Å². The average molecular weight is 483 g/mol. The lowest BCUT2D eigenvalue weighted by atomic mass is 9.96. The molecule has 1 aliphatic rings. The minimum absolute atomic E-state index is 0.00682. The number of nitrogens with zero attached hydrogens (tertiary/aromatic N) is 4. The van der Waals surface area contributed by atoms with E-state index in [0.717, 1.165) is 5.56 Å². The van der Waals surface area contributed by atoms with Gasteiger partial charge in [-0.15, -0.1) is 0 Å². The Morgan fingerprint density at radius 2 is 1.81 bits per heavy atom. The topological polar surface area (TPSA) is 73.8 Å². The number of rotatable bonds is 8. The SMILES string of the molecule is CN(C)CCN(Cc1ccc(F)cc1)C(=O)C1CCN(S(=O)(=O)c2cccnc2Cl)CC1. The number of carbonyl (C=O) groups excluding carboxylic acids is 1. The molecule has 1 fully saturated rings. The van der Waals surface area contributed by atoms with E-state index < -0.39 is 10.0 Å². The first-order chi connectivity index (χ1) is 15.2. The van der Waals surface area contributed by atoms with E-state index in [1.165, 1.54) is 34.8 Å². The first-order valence-electron chi connectivity index (χ1n) is 10.5. The first-order valence-corrected chi connectivity index (χ1v) is 12.3. The van der Waals surface area contributed by atoms with E-state index in [4.69, 9.17) is 11.6 Å². The molecule has 10 heteroatoms. The maximum atomic E-state index is 13.3. The summed E-state index contributed by atoms with van der Waals surface area (Å²) in [6.45, 7) is 2.09. The van der Waals surface area contributed by atoms with Crippen LogP contribution >= 0.6 is 11.6 Å². The van der Waals surface area contributed by atoms with E-state index in [1.807, 2.05) is 19.0 Å². The Morgan fingerprint density at radius 3 is 2.41 bits per heavy atom. The molecule has 0 radical (unpaired) electrons. The van der Waals surface area contributed by atoms with Crippen LogP contribution in [0.2, 0.25) is 5.15 Å². The molecule has 2 heterocycles. The fourth-order valence-corrected chi connectivity index (χ4v) is 5.60. The largest absolute Gasteiger partial charge is 0.337 e. The van der Waals surface area contributed by atoms with E-state index in [-0.39, 0.29) is 40.8 Å². The van der Waals surface area contributed by atoms with Gasteiger partial charge >= 0.3 is 0 Å². The Kier molecular flexibility index (Phi) is 8.21. The molecule has 32 heavy (non-hydrogen) atoms. The maximum absolute atomic E-state index is 13.3. The molecule has 1 amide bonds. The highest BCUT2D eigenvalue weighted by molar-refractivity contribution is 7.89. The molecule has 0 unspecified atom stereocenters. The summed E-state index contributed by atoms with van der Waals surface area (Å²) in [6.07, 6.45) is 2.30. The molecule has 174 valence electrons. The average Bonchev–Trinajstić information content (AvgIpc) is 2.77. The van der Waals surface area contributed by atoms with Gasteiger partial charge in [0, 0.05) is 44.8 Å². The van der Waals surface area contributed by atoms with E-state index >= 15 is 0 Å². The van der Waals surface area contributed by atoms with Gasteiger partial charge in [-0.2, -0.15) is 4.31 Å². The van der Waals surface area contributed by atoms with Gasteiger partial charge in [0.1, 0.15) is 15.9 Å². The first kappa shape index (κ1) is 24.6. The van der Waals surface area contributed by atoms with Crippen LogP contribution in [0.3, 0.4) is 0 Å². The van der Waals surface area contributed by atoms with Crippen molar-refractivity contribution in [3.8, 4) is 0 Å². The molecule has 7 nitrogen and oxygen atoms in total. The lowest BCUT2D eigenvalue weighted by Crippen LogP contribution is -2.45. The van der Waals surface area contributed by atoms with Crippen LogP contribution in [0.25, 0.3) is 0 Å². The van der Waals surface area contributed by atoms with Crippen LogP contribution in [-0.4, -0.2) is 73.7 Å². The second-order valence-corrected chi connectivity index (χ2v) is 10.4. The van der Waals surface area contributed by atoms with Crippen LogP contribution in [-0.2, 0) is 21.4 Å². The van der Waals surface area contributed by atoms with Crippen LogP contribution in [0.1, 0.15) is 18.4 Å². The van der Waals surface area contributed by atoms with Gasteiger partial charge in [-0.05, 0) is 56.8 Å². The summed E-state index contributed by atoms with van der Waals surface area (Å²) in [6, 6.07) is 9.10. The normalized spacial score (nSPS) is 15.8. The number of hydrogen-bond acceptors (Lipinski definition) is 5. The molecule has 1 aliphatic heterocycles. The van der Waals surface area contributed by atoms with Crippen molar-refractivity contribution in [3.63, 3.8) is 0 Å². The fourth-order valence-electron chi connectivity index (χ4n) is 3.70. The zero-order valence-corrected chi connectivity index (χ0v) is 19.8. The van der Waals surface area contributed by atoms with Crippen molar-refractivity contribution in [1.82, 2.24) is 19.1 Å². The van der Waals surface area contributed by atoms with Gasteiger partial charge in [-0.25, -0.2) is 17.8 Å². The lowest BCUT2D eigenvalue weighted by molar-refractivity contribution is -0.137. The number of carbonyl (C=O) groups is 1. The number of hydrogen-bond donors (Lipinski definition) is 0. The number of halogens is 2. The van der Waals surface area contributed by atoms with Crippen molar-refractivity contribution in [1.29, 1.82) is 0 Å². The number of aromatic nitrogens is 1. The highest BCUT2D eigenvalue weighted by Gasteiger charge is 2.34. The van der Waals surface area contributed by atoms with Gasteiger partial charge in [-0.3, -0.25) is 4.79 Å². The van der Waals surface area contributed by atoms with E-state index in [9.17, 15) is 17.6 Å². The van der Waals surface area contributed by atoms with E-state index in [1.54, 1.807) is 17.0 Å². The molecule has 0 spiro atoms. The predicted octanol–water partition coefficient (Wildman–Crippen LogP) is 2.87. The quantitative estimate of drug-likeness (QED) is 0.541. The Balaban J connectivity index is 1.68. The van der Waals surface area contributed by atoms with Gasteiger partial charge in [0.2, 0.25) is 15.9 Å². The second-order valence-electron chi connectivity index (χ2n) is 8.16. The molecule has 0 bridgehead atoms. The zero-order valence-electron chi connectivity index (χ0n) is 18.2. The van der Waals surface area contributed by atoms with Crippen LogP contribution in [0.15, 0.2) is 47.5 Å². The van der Waals surface area contributed by atoms with Crippen molar-refractivity contribution in [2.45, 2.75) is 24.3 Å². The van der Waals surface area contributed by atoms with Crippen molar-refractivity contribution in [3.05, 3.63) is 59.1 Å². The molecule has 3 rings (SSSR count). The highest BCUT2D eigenvalue weighted by atomic mass is 35.5. The zero-order chi connectivity index (χ0) is 23.3. The molecule has 0 saturated carbocycles. The Hall–Kier alpha value is -2.07. The third kappa shape index (κ3) is 6.04. The number of pyridine rings is 1. The smallest absolute Gasteiger partial charge is 0.246 e. The van der Waals surface area contributed by atoms with Gasteiger partial charge in [0.15, 0.2) is 0 Å². The molecular weight excluding hydrogens is 455 g/mol. The molecule has 1 aromatic carbocycles.